The van der Waals surface area contributed by atoms with Crippen LogP contribution in [0.15, 0.2) is 95.2 Å². The maximum atomic E-state index is 2.34. The van der Waals surface area contributed by atoms with Crippen LogP contribution < -0.4 is 0 Å². The molecular weight excluding hydrogens is 240 g/mol. The fourth-order valence-electron chi connectivity index (χ4n) is 4.41. The van der Waals surface area contributed by atoms with Crippen LogP contribution in [0.5, 0.6) is 0 Å². The highest BCUT2D eigenvalue weighted by atomic mass is 14.5. The third kappa shape index (κ3) is 1.22. The van der Waals surface area contributed by atoms with Crippen molar-refractivity contribution in [2.24, 2.45) is 23.7 Å². The van der Waals surface area contributed by atoms with E-state index in [1.165, 1.54) is 0 Å². The molecule has 0 aromatic carbocycles. The number of rotatable bonds is 0. The molecule has 0 atom stereocenters. The molecule has 0 spiro atoms. The molecule has 5 aliphatic rings. The number of fused-ring (bicyclic) bond motifs is 2. The summed E-state index contributed by atoms with van der Waals surface area (Å²) in [5.74, 6) is 2.15. The smallest absolute Gasteiger partial charge is 0.0193 e. The van der Waals surface area contributed by atoms with E-state index in [4.69, 9.17) is 0 Å². The van der Waals surface area contributed by atoms with E-state index in [0.717, 1.165) is 0 Å². The lowest BCUT2D eigenvalue weighted by molar-refractivity contribution is 0.494. The summed E-state index contributed by atoms with van der Waals surface area (Å²) < 4.78 is 0. The van der Waals surface area contributed by atoms with Crippen molar-refractivity contribution in [1.82, 2.24) is 0 Å². The molecule has 0 bridgehead atoms. The van der Waals surface area contributed by atoms with E-state index in [2.05, 4.69) is 72.9 Å². The van der Waals surface area contributed by atoms with Gasteiger partial charge >= 0.3 is 0 Å². The Morgan fingerprint density at radius 1 is 0.450 bits per heavy atom. The molecule has 0 aliphatic heterocycles. The van der Waals surface area contributed by atoms with E-state index in [1.54, 1.807) is 22.3 Å². The Kier molecular flexibility index (Phi) is 1.99. The van der Waals surface area contributed by atoms with Gasteiger partial charge < -0.3 is 0 Å². The van der Waals surface area contributed by atoms with Crippen molar-refractivity contribution in [3.05, 3.63) is 95.2 Å². The van der Waals surface area contributed by atoms with Crippen LogP contribution in [0, 0.1) is 23.7 Å². The highest BCUT2D eigenvalue weighted by molar-refractivity contribution is 5.64. The van der Waals surface area contributed by atoms with Crippen molar-refractivity contribution in [3.8, 4) is 0 Å². The van der Waals surface area contributed by atoms with Crippen LogP contribution in [0.2, 0.25) is 0 Å². The summed E-state index contributed by atoms with van der Waals surface area (Å²) in [5, 5.41) is 0. The molecule has 96 valence electrons. The number of hydrogen-bond donors (Lipinski definition) is 0. The first-order valence-electron chi connectivity index (χ1n) is 7.48. The predicted octanol–water partition coefficient (Wildman–Crippen LogP) is 4.45. The molecule has 0 heteroatoms. The van der Waals surface area contributed by atoms with E-state index in [-0.39, 0.29) is 0 Å². The van der Waals surface area contributed by atoms with Crippen LogP contribution >= 0.6 is 0 Å². The second kappa shape index (κ2) is 3.73. The Morgan fingerprint density at radius 2 is 0.750 bits per heavy atom. The Bertz CT molecular complexity index is 604. The maximum absolute atomic E-state index is 2.34. The van der Waals surface area contributed by atoms with Gasteiger partial charge in [0.15, 0.2) is 0 Å². The van der Waals surface area contributed by atoms with Crippen molar-refractivity contribution < 1.29 is 0 Å². The van der Waals surface area contributed by atoms with Gasteiger partial charge in [0.25, 0.3) is 0 Å². The monoisotopic (exact) mass is 256 g/mol. The summed E-state index contributed by atoms with van der Waals surface area (Å²) in [6.45, 7) is 0. The van der Waals surface area contributed by atoms with Crippen molar-refractivity contribution in [3.63, 3.8) is 0 Å². The van der Waals surface area contributed by atoms with E-state index in [1.807, 2.05) is 0 Å². The molecule has 0 unspecified atom stereocenters. The van der Waals surface area contributed by atoms with Crippen LogP contribution in [0.3, 0.4) is 0 Å². The standard InChI is InChI=1S/C20H16/c1-5-13-6-2-11-17-18-12-4-8-14-7-3-10-16(20(14)18)15(9-1)19(13)17/h1-14,19-20H. The second-order valence-corrected chi connectivity index (χ2v) is 6.14. The lowest BCUT2D eigenvalue weighted by Crippen LogP contribution is -2.35. The zero-order valence-electron chi connectivity index (χ0n) is 11.2. The summed E-state index contributed by atoms with van der Waals surface area (Å²) >= 11 is 0. The summed E-state index contributed by atoms with van der Waals surface area (Å²) in [6, 6.07) is 0. The molecule has 0 nitrogen and oxygen atoms in total. The second-order valence-electron chi connectivity index (χ2n) is 6.14. The molecule has 1 fully saturated rings. The molecule has 5 aliphatic carbocycles. The van der Waals surface area contributed by atoms with Crippen LogP contribution in [0.25, 0.3) is 0 Å². The highest BCUT2D eigenvalue weighted by Crippen LogP contribution is 2.55. The van der Waals surface area contributed by atoms with Gasteiger partial charge in [-0.3, -0.25) is 0 Å². The Morgan fingerprint density at radius 3 is 1.05 bits per heavy atom. The van der Waals surface area contributed by atoms with Crippen molar-refractivity contribution in [2.75, 3.05) is 0 Å². The summed E-state index contributed by atoms with van der Waals surface area (Å²) in [5.41, 5.74) is 6.17. The number of allylic oxidation sites excluding steroid dienone is 16. The van der Waals surface area contributed by atoms with Gasteiger partial charge in [0.2, 0.25) is 0 Å². The van der Waals surface area contributed by atoms with E-state index < -0.39 is 0 Å². The first-order valence-corrected chi connectivity index (χ1v) is 7.48. The molecule has 0 aromatic rings. The summed E-state index contributed by atoms with van der Waals surface area (Å²) in [6.07, 6.45) is 27.7. The molecule has 5 rings (SSSR count). The average molecular weight is 256 g/mol. The predicted molar refractivity (Wildman–Crippen MR) is 82.9 cm³/mol. The Hall–Kier alpha value is -2.08. The van der Waals surface area contributed by atoms with Crippen LogP contribution in [0.1, 0.15) is 0 Å². The normalized spacial score (nSPS) is 38.4. The van der Waals surface area contributed by atoms with Gasteiger partial charge in [-0.25, -0.2) is 0 Å². The van der Waals surface area contributed by atoms with Crippen LogP contribution in [-0.4, -0.2) is 0 Å². The molecule has 1 saturated carbocycles. The summed E-state index contributed by atoms with van der Waals surface area (Å²) in [7, 11) is 0. The topological polar surface area (TPSA) is 0 Å². The quantitative estimate of drug-likeness (QED) is 0.600. The minimum atomic E-state index is 0.535. The van der Waals surface area contributed by atoms with E-state index >= 15 is 0 Å². The molecular formula is C20H16. The minimum Gasteiger partial charge on any atom is -0.0767 e. The third-order valence-electron chi connectivity index (χ3n) is 5.21. The van der Waals surface area contributed by atoms with Crippen molar-refractivity contribution in [1.29, 1.82) is 0 Å². The molecule has 0 radical (unpaired) electrons. The third-order valence-corrected chi connectivity index (χ3v) is 5.21. The van der Waals surface area contributed by atoms with Gasteiger partial charge in [0, 0.05) is 23.7 Å². The van der Waals surface area contributed by atoms with Crippen LogP contribution in [0.4, 0.5) is 0 Å². The first kappa shape index (κ1) is 10.7. The molecule has 0 saturated heterocycles. The molecule has 0 N–H and O–H groups in total. The average Bonchev–Trinajstić information content (AvgIpc) is 2.52. The largest absolute Gasteiger partial charge is 0.0767 e. The molecule has 0 heterocycles. The van der Waals surface area contributed by atoms with Gasteiger partial charge in [-0.05, 0) is 22.3 Å². The van der Waals surface area contributed by atoms with Gasteiger partial charge in [0.1, 0.15) is 0 Å². The molecule has 0 amide bonds. The van der Waals surface area contributed by atoms with Gasteiger partial charge in [-0.1, -0.05) is 72.9 Å². The lowest BCUT2D eigenvalue weighted by atomic mass is 9.57. The van der Waals surface area contributed by atoms with Gasteiger partial charge in [0.05, 0.1) is 0 Å². The Balaban J connectivity index is 1.80. The highest BCUT2D eigenvalue weighted by Gasteiger charge is 2.43. The van der Waals surface area contributed by atoms with Gasteiger partial charge in [-0.2, -0.15) is 0 Å². The maximum Gasteiger partial charge on any atom is 0.0193 e. The van der Waals surface area contributed by atoms with E-state index in [9.17, 15) is 0 Å². The molecule has 0 aromatic heterocycles. The lowest BCUT2D eigenvalue weighted by Gasteiger charge is -2.46. The zero-order chi connectivity index (χ0) is 13.1. The van der Waals surface area contributed by atoms with Crippen molar-refractivity contribution >= 4 is 0 Å². The zero-order valence-corrected chi connectivity index (χ0v) is 11.2. The van der Waals surface area contributed by atoms with Crippen LogP contribution in [-0.2, 0) is 0 Å². The summed E-state index contributed by atoms with van der Waals surface area (Å²) in [4.78, 5) is 0. The Labute approximate surface area is 119 Å². The first-order chi connectivity index (χ1) is 9.93. The minimum absolute atomic E-state index is 0.535. The number of hydrogen-bond acceptors (Lipinski definition) is 0. The fourth-order valence-corrected chi connectivity index (χ4v) is 4.41. The van der Waals surface area contributed by atoms with Gasteiger partial charge in [-0.15, -0.1) is 0 Å². The molecule has 20 heavy (non-hydrogen) atoms. The van der Waals surface area contributed by atoms with E-state index in [0.29, 0.717) is 23.7 Å². The van der Waals surface area contributed by atoms with Crippen molar-refractivity contribution in [2.45, 2.75) is 0 Å². The SMILES string of the molecule is C1=CC2C=CC=C3C4=CC=CC5C=CC=C(C(=C1)C32)C45. The fraction of sp³-hybridized carbons (Fsp3) is 0.200.